The third-order valence-corrected chi connectivity index (χ3v) is 3.54. The quantitative estimate of drug-likeness (QED) is 0.818. The van der Waals surface area contributed by atoms with Gasteiger partial charge in [-0.05, 0) is 36.4 Å². The molecule has 0 spiro atoms. The van der Waals surface area contributed by atoms with Crippen LogP contribution in [0, 0.1) is 5.41 Å². The fourth-order valence-electron chi connectivity index (χ4n) is 2.34. The molecule has 0 aliphatic heterocycles. The van der Waals surface area contributed by atoms with Crippen LogP contribution in [0.1, 0.15) is 31.2 Å². The van der Waals surface area contributed by atoms with E-state index in [1.54, 1.807) is 12.4 Å². The first-order valence-electron chi connectivity index (χ1n) is 5.85. The van der Waals surface area contributed by atoms with Gasteiger partial charge in [0, 0.05) is 25.2 Å². The second-order valence-corrected chi connectivity index (χ2v) is 4.81. The van der Waals surface area contributed by atoms with Gasteiger partial charge in [0.1, 0.15) is 5.78 Å². The highest BCUT2D eigenvalue weighted by molar-refractivity contribution is 5.81. The Bertz CT molecular complexity index is 352. The first-order valence-corrected chi connectivity index (χ1v) is 5.85. The van der Waals surface area contributed by atoms with Gasteiger partial charge in [-0.25, -0.2) is 0 Å². The van der Waals surface area contributed by atoms with Gasteiger partial charge in [-0.15, -0.1) is 0 Å². The van der Waals surface area contributed by atoms with E-state index in [1.807, 2.05) is 12.1 Å². The van der Waals surface area contributed by atoms with Gasteiger partial charge in [0.15, 0.2) is 0 Å². The molecular formula is C13H18N2O. The molecule has 2 N–H and O–H groups in total. The second kappa shape index (κ2) is 4.74. The van der Waals surface area contributed by atoms with Crippen molar-refractivity contribution in [2.24, 2.45) is 11.1 Å². The summed E-state index contributed by atoms with van der Waals surface area (Å²) >= 11 is 0. The Labute approximate surface area is 96.1 Å². The molecule has 1 aliphatic rings. The Morgan fingerprint density at radius 1 is 1.50 bits per heavy atom. The predicted octanol–water partition coefficient (Wildman–Crippen LogP) is 1.71. The molecule has 0 aromatic carbocycles. The van der Waals surface area contributed by atoms with E-state index < -0.39 is 0 Å². The molecule has 3 nitrogen and oxygen atoms in total. The van der Waals surface area contributed by atoms with Crippen molar-refractivity contribution >= 4 is 5.78 Å². The van der Waals surface area contributed by atoms with Gasteiger partial charge < -0.3 is 5.73 Å². The minimum absolute atomic E-state index is 0.124. The molecule has 0 atom stereocenters. The molecule has 1 fully saturated rings. The lowest BCUT2D eigenvalue weighted by Gasteiger charge is -2.40. The number of pyridine rings is 1. The zero-order valence-corrected chi connectivity index (χ0v) is 9.48. The molecule has 2 rings (SSSR count). The van der Waals surface area contributed by atoms with E-state index in [0.717, 1.165) is 18.4 Å². The maximum Gasteiger partial charge on any atom is 0.137 e. The summed E-state index contributed by atoms with van der Waals surface area (Å²) in [5, 5.41) is 0. The average Bonchev–Trinajstić information content (AvgIpc) is 2.25. The molecular weight excluding hydrogens is 200 g/mol. The zero-order chi connectivity index (χ0) is 11.4. The van der Waals surface area contributed by atoms with E-state index in [9.17, 15) is 4.79 Å². The van der Waals surface area contributed by atoms with Crippen LogP contribution in [0.4, 0.5) is 0 Å². The SMILES string of the molecule is NCC1(CC(=O)Cc2cccnc2)CCC1. The molecule has 1 aliphatic carbocycles. The van der Waals surface area contributed by atoms with Crippen molar-refractivity contribution in [3.63, 3.8) is 0 Å². The van der Waals surface area contributed by atoms with Crippen LogP contribution in [0.25, 0.3) is 0 Å². The standard InChI is InChI=1S/C13H18N2O/c14-10-13(4-2-5-13)8-12(16)7-11-3-1-6-15-9-11/h1,3,6,9H,2,4-5,7-8,10,14H2. The fourth-order valence-corrected chi connectivity index (χ4v) is 2.34. The average molecular weight is 218 g/mol. The van der Waals surface area contributed by atoms with Crippen molar-refractivity contribution in [2.75, 3.05) is 6.54 Å². The molecule has 3 heteroatoms. The van der Waals surface area contributed by atoms with Crippen LogP contribution in [0.5, 0.6) is 0 Å². The normalized spacial score (nSPS) is 17.8. The number of carbonyl (C=O) groups excluding carboxylic acids is 1. The van der Waals surface area contributed by atoms with Crippen LogP contribution >= 0.6 is 0 Å². The number of nitrogens with zero attached hydrogens (tertiary/aromatic N) is 1. The van der Waals surface area contributed by atoms with Crippen LogP contribution in [0.15, 0.2) is 24.5 Å². The summed E-state index contributed by atoms with van der Waals surface area (Å²) in [6.45, 7) is 0.645. The molecule has 0 unspecified atom stereocenters. The summed E-state index contributed by atoms with van der Waals surface area (Å²) in [7, 11) is 0. The zero-order valence-electron chi connectivity index (χ0n) is 9.48. The largest absolute Gasteiger partial charge is 0.330 e. The number of aromatic nitrogens is 1. The summed E-state index contributed by atoms with van der Waals surface area (Å²) in [5.74, 6) is 0.290. The molecule has 0 saturated heterocycles. The minimum Gasteiger partial charge on any atom is -0.330 e. The van der Waals surface area contributed by atoms with Crippen molar-refractivity contribution in [3.05, 3.63) is 30.1 Å². The molecule has 86 valence electrons. The second-order valence-electron chi connectivity index (χ2n) is 4.81. The lowest BCUT2D eigenvalue weighted by atomic mass is 9.65. The maximum atomic E-state index is 11.9. The highest BCUT2D eigenvalue weighted by Gasteiger charge is 2.37. The molecule has 0 bridgehead atoms. The van der Waals surface area contributed by atoms with E-state index in [4.69, 9.17) is 5.73 Å². The molecule has 1 aromatic heterocycles. The molecule has 16 heavy (non-hydrogen) atoms. The van der Waals surface area contributed by atoms with Crippen molar-refractivity contribution in [1.29, 1.82) is 0 Å². The monoisotopic (exact) mass is 218 g/mol. The predicted molar refractivity (Wildman–Crippen MR) is 62.9 cm³/mol. The summed E-state index contributed by atoms with van der Waals surface area (Å²) in [4.78, 5) is 15.9. The molecule has 1 aromatic rings. The summed E-state index contributed by atoms with van der Waals surface area (Å²) in [6.07, 6.45) is 8.06. The number of carbonyl (C=O) groups is 1. The topological polar surface area (TPSA) is 56.0 Å². The van der Waals surface area contributed by atoms with Gasteiger partial charge in [0.2, 0.25) is 0 Å². The molecule has 0 amide bonds. The summed E-state index contributed by atoms with van der Waals surface area (Å²) in [5.41, 5.74) is 6.87. The van der Waals surface area contributed by atoms with Gasteiger partial charge in [-0.3, -0.25) is 9.78 Å². The van der Waals surface area contributed by atoms with Crippen LogP contribution in [-0.4, -0.2) is 17.3 Å². The van der Waals surface area contributed by atoms with E-state index in [0.29, 0.717) is 19.4 Å². The third kappa shape index (κ3) is 2.47. The van der Waals surface area contributed by atoms with E-state index in [2.05, 4.69) is 4.98 Å². The van der Waals surface area contributed by atoms with Gasteiger partial charge in [-0.1, -0.05) is 12.5 Å². The Balaban J connectivity index is 1.89. The van der Waals surface area contributed by atoms with Crippen LogP contribution in [0.3, 0.4) is 0 Å². The fraction of sp³-hybridized carbons (Fsp3) is 0.538. The van der Waals surface area contributed by atoms with Crippen LogP contribution < -0.4 is 5.73 Å². The number of ketones is 1. The first-order chi connectivity index (χ1) is 7.74. The van der Waals surface area contributed by atoms with Crippen LogP contribution in [0.2, 0.25) is 0 Å². The molecule has 1 saturated carbocycles. The van der Waals surface area contributed by atoms with Crippen molar-refractivity contribution in [2.45, 2.75) is 32.1 Å². The van der Waals surface area contributed by atoms with Gasteiger partial charge >= 0.3 is 0 Å². The number of rotatable bonds is 5. The number of hydrogen-bond donors (Lipinski definition) is 1. The van der Waals surface area contributed by atoms with Gasteiger partial charge in [0.25, 0.3) is 0 Å². The van der Waals surface area contributed by atoms with Gasteiger partial charge in [0.05, 0.1) is 0 Å². The molecule has 0 radical (unpaired) electrons. The third-order valence-electron chi connectivity index (χ3n) is 3.54. The minimum atomic E-state index is 0.124. The lowest BCUT2D eigenvalue weighted by molar-refractivity contribution is -0.122. The Kier molecular flexibility index (Phi) is 3.34. The lowest BCUT2D eigenvalue weighted by Crippen LogP contribution is -2.39. The van der Waals surface area contributed by atoms with Crippen molar-refractivity contribution < 1.29 is 4.79 Å². The smallest absolute Gasteiger partial charge is 0.137 e. The summed E-state index contributed by atoms with van der Waals surface area (Å²) < 4.78 is 0. The van der Waals surface area contributed by atoms with E-state index in [-0.39, 0.29) is 11.2 Å². The van der Waals surface area contributed by atoms with Gasteiger partial charge in [-0.2, -0.15) is 0 Å². The van der Waals surface area contributed by atoms with E-state index in [1.165, 1.54) is 6.42 Å². The number of hydrogen-bond acceptors (Lipinski definition) is 3. The Morgan fingerprint density at radius 3 is 2.81 bits per heavy atom. The van der Waals surface area contributed by atoms with E-state index >= 15 is 0 Å². The molecule has 1 heterocycles. The Morgan fingerprint density at radius 2 is 2.31 bits per heavy atom. The summed E-state index contributed by atoms with van der Waals surface area (Å²) in [6, 6.07) is 3.81. The highest BCUT2D eigenvalue weighted by atomic mass is 16.1. The Hall–Kier alpha value is -1.22. The van der Waals surface area contributed by atoms with Crippen molar-refractivity contribution in [1.82, 2.24) is 4.98 Å². The maximum absolute atomic E-state index is 11.9. The van der Waals surface area contributed by atoms with Crippen molar-refractivity contribution in [3.8, 4) is 0 Å². The van der Waals surface area contributed by atoms with Crippen LogP contribution in [-0.2, 0) is 11.2 Å². The number of nitrogens with two attached hydrogens (primary N) is 1. The first kappa shape index (κ1) is 11.3. The highest BCUT2D eigenvalue weighted by Crippen LogP contribution is 2.43. The number of Topliss-reactive ketones (excluding diaryl/α,β-unsaturated/α-hetero) is 1.